The lowest BCUT2D eigenvalue weighted by atomic mass is 10.3. The Morgan fingerprint density at radius 2 is 2.04 bits per heavy atom. The van der Waals surface area contributed by atoms with Crippen molar-refractivity contribution in [3.8, 4) is 5.75 Å². The average molecular weight is 352 g/mol. The zero-order valence-corrected chi connectivity index (χ0v) is 13.1. The van der Waals surface area contributed by atoms with Crippen LogP contribution in [0.4, 0.5) is 5.69 Å². The van der Waals surface area contributed by atoms with Gasteiger partial charge in [-0.05, 0) is 24.3 Å². The van der Waals surface area contributed by atoms with Gasteiger partial charge in [-0.2, -0.15) is 0 Å². The maximum absolute atomic E-state index is 12.2. The summed E-state index contributed by atoms with van der Waals surface area (Å²) in [6, 6.07) is 7.73. The van der Waals surface area contributed by atoms with Crippen LogP contribution in [0.1, 0.15) is 10.5 Å². The van der Waals surface area contributed by atoms with Gasteiger partial charge in [0.15, 0.2) is 4.90 Å². The Kier molecular flexibility index (Phi) is 5.06. The molecule has 0 saturated carbocycles. The van der Waals surface area contributed by atoms with Crippen molar-refractivity contribution in [2.75, 3.05) is 7.11 Å². The highest BCUT2D eigenvalue weighted by molar-refractivity contribution is 7.89. The second-order valence-electron chi connectivity index (χ2n) is 4.37. The highest BCUT2D eigenvalue weighted by Crippen LogP contribution is 2.27. The molecule has 2 aromatic rings. The fourth-order valence-electron chi connectivity index (χ4n) is 1.72. The van der Waals surface area contributed by atoms with Crippen LogP contribution in [-0.2, 0) is 10.0 Å². The number of carbonyl (C=O) groups is 1. The first kappa shape index (κ1) is 17.3. The number of hydrogen-bond donors (Lipinski definition) is 2. The van der Waals surface area contributed by atoms with E-state index < -0.39 is 31.4 Å². The van der Waals surface area contributed by atoms with E-state index in [1.807, 2.05) is 5.43 Å². The number of methoxy groups -OCH3 is 1. The summed E-state index contributed by atoms with van der Waals surface area (Å²) in [5.74, 6) is -0.687. The molecule has 2 rings (SSSR count). The standard InChI is InChI=1S/C13H12N4O6S/c1-23-9-5-6-12(11(8-9)17(19)20)24(21,22)16-15-13(18)10-4-2-3-7-14-10/h2-8,16H,1H3,(H,15,18). The normalized spacial score (nSPS) is 10.9. The Morgan fingerprint density at radius 1 is 1.29 bits per heavy atom. The molecule has 2 N–H and O–H groups in total. The molecule has 1 aromatic carbocycles. The Labute approximate surface area is 136 Å². The van der Waals surface area contributed by atoms with Crippen molar-refractivity contribution >= 4 is 21.6 Å². The third-order valence-electron chi connectivity index (χ3n) is 2.85. The molecule has 0 aliphatic carbocycles. The molecule has 0 bridgehead atoms. The van der Waals surface area contributed by atoms with E-state index in [4.69, 9.17) is 4.74 Å². The molecule has 24 heavy (non-hydrogen) atoms. The van der Waals surface area contributed by atoms with Gasteiger partial charge in [0, 0.05) is 6.20 Å². The second-order valence-corrected chi connectivity index (χ2v) is 6.02. The van der Waals surface area contributed by atoms with E-state index in [-0.39, 0.29) is 11.4 Å². The topological polar surface area (TPSA) is 141 Å². The third-order valence-corrected chi connectivity index (χ3v) is 4.14. The molecule has 0 aliphatic heterocycles. The smallest absolute Gasteiger partial charge is 0.293 e. The van der Waals surface area contributed by atoms with Crippen LogP contribution >= 0.6 is 0 Å². The summed E-state index contributed by atoms with van der Waals surface area (Å²) < 4.78 is 29.2. The maximum atomic E-state index is 12.2. The van der Waals surface area contributed by atoms with E-state index >= 15 is 0 Å². The summed E-state index contributed by atoms with van der Waals surface area (Å²) in [5, 5.41) is 11.1. The van der Waals surface area contributed by atoms with Crippen LogP contribution in [0.25, 0.3) is 0 Å². The average Bonchev–Trinajstić information content (AvgIpc) is 2.59. The Bertz CT molecular complexity index is 869. The predicted molar refractivity (Wildman–Crippen MR) is 81.7 cm³/mol. The number of pyridine rings is 1. The molecule has 0 unspecified atom stereocenters. The number of ether oxygens (including phenoxy) is 1. The molecule has 0 spiro atoms. The van der Waals surface area contributed by atoms with Crippen LogP contribution in [0.2, 0.25) is 0 Å². The zero-order chi connectivity index (χ0) is 17.7. The van der Waals surface area contributed by atoms with Crippen molar-refractivity contribution in [1.82, 2.24) is 15.2 Å². The number of sulfonamides is 1. The van der Waals surface area contributed by atoms with Gasteiger partial charge in [0.25, 0.3) is 21.6 Å². The molecule has 11 heteroatoms. The summed E-state index contributed by atoms with van der Waals surface area (Å²) in [6.45, 7) is 0. The fraction of sp³-hybridized carbons (Fsp3) is 0.0769. The Hall–Kier alpha value is -3.05. The van der Waals surface area contributed by atoms with Crippen molar-refractivity contribution < 1.29 is 22.9 Å². The number of nitro benzene ring substituents is 1. The molecule has 0 atom stereocenters. The number of aromatic nitrogens is 1. The number of nitrogens with zero attached hydrogens (tertiary/aromatic N) is 2. The van der Waals surface area contributed by atoms with E-state index in [0.717, 1.165) is 12.1 Å². The first-order chi connectivity index (χ1) is 11.3. The van der Waals surface area contributed by atoms with Gasteiger partial charge in [0.2, 0.25) is 0 Å². The van der Waals surface area contributed by atoms with Crippen LogP contribution < -0.4 is 15.0 Å². The molecule has 1 aromatic heterocycles. The summed E-state index contributed by atoms with van der Waals surface area (Å²) in [7, 11) is -3.08. The van der Waals surface area contributed by atoms with Crippen LogP contribution in [0.3, 0.4) is 0 Å². The molecule has 0 radical (unpaired) electrons. The maximum Gasteiger partial charge on any atom is 0.293 e. The number of nitro groups is 1. The lowest BCUT2D eigenvalue weighted by Gasteiger charge is -2.09. The lowest BCUT2D eigenvalue weighted by molar-refractivity contribution is -0.387. The summed E-state index contributed by atoms with van der Waals surface area (Å²) in [4.78, 5) is 26.9. The molecular formula is C13H12N4O6S. The highest BCUT2D eigenvalue weighted by Gasteiger charge is 2.27. The van der Waals surface area contributed by atoms with Crippen LogP contribution in [0, 0.1) is 10.1 Å². The van der Waals surface area contributed by atoms with Gasteiger partial charge in [0.05, 0.1) is 18.1 Å². The number of carbonyl (C=O) groups excluding carboxylic acids is 1. The summed E-state index contributed by atoms with van der Waals surface area (Å²) >= 11 is 0. The molecule has 10 nitrogen and oxygen atoms in total. The van der Waals surface area contributed by atoms with E-state index in [1.165, 1.54) is 25.4 Å². The zero-order valence-electron chi connectivity index (χ0n) is 12.3. The molecule has 0 fully saturated rings. The quantitative estimate of drug-likeness (QED) is 0.573. The molecule has 126 valence electrons. The van der Waals surface area contributed by atoms with Crippen molar-refractivity contribution in [1.29, 1.82) is 0 Å². The SMILES string of the molecule is COc1ccc(S(=O)(=O)NNC(=O)c2ccccn2)c([N+](=O)[O-])c1. The van der Waals surface area contributed by atoms with E-state index in [9.17, 15) is 23.3 Å². The number of hydrogen-bond acceptors (Lipinski definition) is 7. The largest absolute Gasteiger partial charge is 0.497 e. The van der Waals surface area contributed by atoms with Crippen LogP contribution in [0.15, 0.2) is 47.5 Å². The first-order valence-corrected chi connectivity index (χ1v) is 7.89. The van der Waals surface area contributed by atoms with Crippen molar-refractivity contribution in [2.45, 2.75) is 4.90 Å². The van der Waals surface area contributed by atoms with Gasteiger partial charge in [-0.25, -0.2) is 8.42 Å². The van der Waals surface area contributed by atoms with Crippen molar-refractivity contribution in [3.63, 3.8) is 0 Å². The summed E-state index contributed by atoms with van der Waals surface area (Å²) in [5.41, 5.74) is 1.23. The third kappa shape index (κ3) is 3.83. The molecular weight excluding hydrogens is 340 g/mol. The van der Waals surface area contributed by atoms with E-state index in [0.29, 0.717) is 0 Å². The number of nitrogens with one attached hydrogen (secondary N) is 2. The van der Waals surface area contributed by atoms with Gasteiger partial charge in [-0.15, -0.1) is 4.83 Å². The van der Waals surface area contributed by atoms with Crippen molar-refractivity contribution in [3.05, 3.63) is 58.4 Å². The number of amides is 1. The summed E-state index contributed by atoms with van der Waals surface area (Å²) in [6.07, 6.45) is 1.36. The highest BCUT2D eigenvalue weighted by atomic mass is 32.2. The number of hydrazine groups is 1. The fourth-order valence-corrected chi connectivity index (χ4v) is 2.72. The first-order valence-electron chi connectivity index (χ1n) is 6.41. The Morgan fingerprint density at radius 3 is 2.62 bits per heavy atom. The van der Waals surface area contributed by atoms with Gasteiger partial charge in [-0.1, -0.05) is 6.07 Å². The molecule has 0 aliphatic rings. The molecule has 0 saturated heterocycles. The minimum Gasteiger partial charge on any atom is -0.497 e. The van der Waals surface area contributed by atoms with Crippen LogP contribution in [0.5, 0.6) is 5.75 Å². The number of rotatable bonds is 6. The van der Waals surface area contributed by atoms with E-state index in [2.05, 4.69) is 4.98 Å². The molecule has 1 heterocycles. The lowest BCUT2D eigenvalue weighted by Crippen LogP contribution is -2.42. The monoisotopic (exact) mass is 352 g/mol. The van der Waals surface area contributed by atoms with Gasteiger partial charge >= 0.3 is 0 Å². The van der Waals surface area contributed by atoms with E-state index in [1.54, 1.807) is 17.0 Å². The van der Waals surface area contributed by atoms with Gasteiger partial charge in [0.1, 0.15) is 11.4 Å². The van der Waals surface area contributed by atoms with Gasteiger partial charge < -0.3 is 4.74 Å². The van der Waals surface area contributed by atoms with Crippen molar-refractivity contribution in [2.24, 2.45) is 0 Å². The van der Waals surface area contributed by atoms with Crippen LogP contribution in [-0.4, -0.2) is 31.3 Å². The second kappa shape index (κ2) is 7.02. The minimum absolute atomic E-state index is 0.0237. The minimum atomic E-state index is -4.37. The Balaban J connectivity index is 2.25. The number of benzene rings is 1. The predicted octanol–water partition coefficient (Wildman–Crippen LogP) is 0.622. The van der Waals surface area contributed by atoms with Gasteiger partial charge in [-0.3, -0.25) is 25.3 Å². The molecule has 1 amide bonds.